The third-order valence-corrected chi connectivity index (χ3v) is 5.97. The highest BCUT2D eigenvalue weighted by Crippen LogP contribution is 2.41. The van der Waals surface area contributed by atoms with Gasteiger partial charge in [-0.25, -0.2) is 0 Å². The second-order valence-corrected chi connectivity index (χ2v) is 9.45. The van der Waals surface area contributed by atoms with Crippen LogP contribution in [0.1, 0.15) is 40.0 Å². The Morgan fingerprint density at radius 1 is 1.29 bits per heavy atom. The quantitative estimate of drug-likeness (QED) is 0.610. The molecule has 1 saturated carbocycles. The molecule has 1 nitrogen and oxygen atoms in total. The first kappa shape index (κ1) is 12.0. The van der Waals surface area contributed by atoms with Crippen molar-refractivity contribution in [2.45, 2.75) is 58.7 Å². The highest BCUT2D eigenvalue weighted by molar-refractivity contribution is 6.61. The van der Waals surface area contributed by atoms with Crippen LogP contribution in [0.2, 0.25) is 18.6 Å². The molecule has 0 spiro atoms. The van der Waals surface area contributed by atoms with Crippen molar-refractivity contribution < 1.29 is 4.79 Å². The maximum atomic E-state index is 11.7. The molecule has 0 radical (unpaired) electrons. The molecule has 0 heterocycles. The molecule has 82 valence electrons. The molecule has 0 aliphatic heterocycles. The molecule has 2 atom stereocenters. The Hall–Kier alpha value is -0.113. The van der Waals surface area contributed by atoms with E-state index in [0.717, 1.165) is 18.8 Å². The van der Waals surface area contributed by atoms with Crippen LogP contribution in [-0.2, 0) is 4.79 Å². The maximum absolute atomic E-state index is 11.7. The van der Waals surface area contributed by atoms with Crippen molar-refractivity contribution in [2.75, 3.05) is 0 Å². The van der Waals surface area contributed by atoms with Crippen LogP contribution in [0.4, 0.5) is 0 Å². The van der Waals surface area contributed by atoms with Crippen LogP contribution >= 0.6 is 0 Å². The number of Topliss-reactive ketones (excluding diaryl/α,β-unsaturated/α-hetero) is 1. The molecule has 2 heteroatoms. The first-order valence-electron chi connectivity index (χ1n) is 5.85. The molecule has 1 aliphatic rings. The van der Waals surface area contributed by atoms with Crippen LogP contribution < -0.4 is 0 Å². The van der Waals surface area contributed by atoms with Crippen LogP contribution in [0.25, 0.3) is 0 Å². The fraction of sp³-hybridized carbons (Fsp3) is 0.917. The summed E-state index contributed by atoms with van der Waals surface area (Å²) in [6, 6.07) is 0. The van der Waals surface area contributed by atoms with E-state index in [1.54, 1.807) is 0 Å². The van der Waals surface area contributed by atoms with E-state index in [2.05, 4.69) is 33.9 Å². The lowest BCUT2D eigenvalue weighted by Gasteiger charge is -2.38. The van der Waals surface area contributed by atoms with E-state index in [-0.39, 0.29) is 0 Å². The Morgan fingerprint density at radius 2 is 1.86 bits per heavy atom. The molecular formula is C12H24OSi. The SMILES string of the molecule is C[SiH](C)C1CC(C(C)(C)C)CCC1=O. The minimum Gasteiger partial charge on any atom is -0.300 e. The number of hydrogen-bond donors (Lipinski definition) is 0. The molecule has 1 rings (SSSR count). The Bertz CT molecular complexity index is 215. The van der Waals surface area contributed by atoms with E-state index in [9.17, 15) is 4.79 Å². The van der Waals surface area contributed by atoms with Gasteiger partial charge in [0, 0.05) is 20.8 Å². The predicted octanol–water partition coefficient (Wildman–Crippen LogP) is 3.26. The fourth-order valence-corrected chi connectivity index (χ4v) is 4.27. The molecule has 0 saturated heterocycles. The van der Waals surface area contributed by atoms with E-state index in [0.29, 0.717) is 16.7 Å². The topological polar surface area (TPSA) is 17.1 Å². The van der Waals surface area contributed by atoms with Crippen molar-refractivity contribution >= 4 is 14.6 Å². The summed E-state index contributed by atoms with van der Waals surface area (Å²) in [5, 5.41) is 0. The molecule has 0 N–H and O–H groups in total. The van der Waals surface area contributed by atoms with Crippen LogP contribution in [0, 0.1) is 11.3 Å². The van der Waals surface area contributed by atoms with Gasteiger partial charge in [0.25, 0.3) is 0 Å². The van der Waals surface area contributed by atoms with Crippen molar-refractivity contribution in [3.05, 3.63) is 0 Å². The Labute approximate surface area is 89.9 Å². The largest absolute Gasteiger partial charge is 0.300 e. The molecule has 0 aromatic carbocycles. The standard InChI is InChI=1S/C12H24OSi/c1-12(2,3)9-6-7-10(13)11(8-9)14(4)5/h9,11,14H,6-8H2,1-5H3. The van der Waals surface area contributed by atoms with Crippen molar-refractivity contribution in [1.29, 1.82) is 0 Å². The van der Waals surface area contributed by atoms with Gasteiger partial charge < -0.3 is 0 Å². The molecule has 0 bridgehead atoms. The molecule has 0 aromatic heterocycles. The van der Waals surface area contributed by atoms with Crippen molar-refractivity contribution in [2.24, 2.45) is 11.3 Å². The molecule has 2 unspecified atom stereocenters. The fourth-order valence-electron chi connectivity index (χ4n) is 2.49. The minimum atomic E-state index is -0.770. The van der Waals surface area contributed by atoms with E-state index >= 15 is 0 Å². The van der Waals surface area contributed by atoms with Gasteiger partial charge in [0.1, 0.15) is 5.78 Å². The zero-order valence-corrected chi connectivity index (χ0v) is 11.4. The summed E-state index contributed by atoms with van der Waals surface area (Å²) < 4.78 is 0. The normalized spacial score (nSPS) is 29.7. The van der Waals surface area contributed by atoms with Gasteiger partial charge >= 0.3 is 0 Å². The number of ketones is 1. The molecular weight excluding hydrogens is 188 g/mol. The van der Waals surface area contributed by atoms with E-state index in [4.69, 9.17) is 0 Å². The van der Waals surface area contributed by atoms with Crippen molar-refractivity contribution in [1.82, 2.24) is 0 Å². The molecule has 1 aliphatic carbocycles. The lowest BCUT2D eigenvalue weighted by Crippen LogP contribution is -2.34. The van der Waals surface area contributed by atoms with E-state index in [1.807, 2.05) is 0 Å². The summed E-state index contributed by atoms with van der Waals surface area (Å²) in [6.07, 6.45) is 3.14. The molecule has 1 fully saturated rings. The first-order valence-corrected chi connectivity index (χ1v) is 8.82. The summed E-state index contributed by atoms with van der Waals surface area (Å²) in [7, 11) is -0.770. The van der Waals surface area contributed by atoms with Gasteiger partial charge in [0.05, 0.1) is 0 Å². The zero-order valence-electron chi connectivity index (χ0n) is 10.3. The number of carbonyl (C=O) groups is 1. The van der Waals surface area contributed by atoms with Crippen LogP contribution in [-0.4, -0.2) is 14.6 Å². The average Bonchev–Trinajstić information content (AvgIpc) is 2.02. The maximum Gasteiger partial charge on any atom is 0.133 e. The zero-order chi connectivity index (χ0) is 10.9. The summed E-state index contributed by atoms with van der Waals surface area (Å²) >= 11 is 0. The molecule has 0 amide bonds. The van der Waals surface area contributed by atoms with Gasteiger partial charge in [-0.05, 0) is 24.2 Å². The number of carbonyl (C=O) groups excluding carboxylic acids is 1. The van der Waals surface area contributed by atoms with Crippen molar-refractivity contribution in [3.63, 3.8) is 0 Å². The Balaban J connectivity index is 2.67. The Kier molecular flexibility index (Phi) is 3.57. The number of hydrogen-bond acceptors (Lipinski definition) is 1. The third-order valence-electron chi connectivity index (χ3n) is 3.72. The summed E-state index contributed by atoms with van der Waals surface area (Å²) in [5.41, 5.74) is 0.857. The van der Waals surface area contributed by atoms with Gasteiger partial charge in [-0.15, -0.1) is 0 Å². The third kappa shape index (κ3) is 2.69. The lowest BCUT2D eigenvalue weighted by atomic mass is 9.72. The summed E-state index contributed by atoms with van der Waals surface area (Å²) in [4.78, 5) is 11.7. The summed E-state index contributed by atoms with van der Waals surface area (Å²) in [6.45, 7) is 11.6. The smallest absolute Gasteiger partial charge is 0.133 e. The van der Waals surface area contributed by atoms with E-state index < -0.39 is 8.80 Å². The van der Waals surface area contributed by atoms with E-state index in [1.165, 1.54) is 6.42 Å². The number of rotatable bonds is 1. The Morgan fingerprint density at radius 3 is 2.29 bits per heavy atom. The van der Waals surface area contributed by atoms with Gasteiger partial charge in [0.2, 0.25) is 0 Å². The van der Waals surface area contributed by atoms with Crippen LogP contribution in [0.15, 0.2) is 0 Å². The van der Waals surface area contributed by atoms with Gasteiger partial charge in [0.15, 0.2) is 0 Å². The lowest BCUT2D eigenvalue weighted by molar-refractivity contribution is -0.121. The second kappa shape index (κ2) is 4.17. The van der Waals surface area contributed by atoms with Crippen molar-refractivity contribution in [3.8, 4) is 0 Å². The predicted molar refractivity (Wildman–Crippen MR) is 64.4 cm³/mol. The molecule has 14 heavy (non-hydrogen) atoms. The van der Waals surface area contributed by atoms with Crippen LogP contribution in [0.5, 0.6) is 0 Å². The van der Waals surface area contributed by atoms with Gasteiger partial charge in [-0.2, -0.15) is 0 Å². The average molecular weight is 212 g/mol. The van der Waals surface area contributed by atoms with Gasteiger partial charge in [-0.1, -0.05) is 33.9 Å². The summed E-state index contributed by atoms with van der Waals surface area (Å²) in [5.74, 6) is 1.33. The first-order chi connectivity index (χ1) is 6.32. The minimum absolute atomic E-state index is 0.391. The highest BCUT2D eigenvalue weighted by Gasteiger charge is 2.36. The van der Waals surface area contributed by atoms with Gasteiger partial charge in [-0.3, -0.25) is 4.79 Å². The van der Waals surface area contributed by atoms with Crippen LogP contribution in [0.3, 0.4) is 0 Å². The molecule has 0 aromatic rings. The monoisotopic (exact) mass is 212 g/mol. The second-order valence-electron chi connectivity index (χ2n) is 6.15. The highest BCUT2D eigenvalue weighted by atomic mass is 28.3.